The molecule has 0 N–H and O–H groups in total. The molecular weight excluding hydrogens is 573 g/mol. The first-order valence-electron chi connectivity index (χ1n) is 12.4. The molecule has 0 aliphatic rings. The Morgan fingerprint density at radius 2 is 0.949 bits per heavy atom. The van der Waals surface area contributed by atoms with Crippen LogP contribution >= 0.6 is 47.0 Å². The maximum Gasteiger partial charge on any atom is 0.186 e. The Kier molecular flexibility index (Phi) is 14.0. The molecule has 2 aromatic rings. The van der Waals surface area contributed by atoms with Gasteiger partial charge in [-0.25, -0.2) is 0 Å². The minimum Gasteiger partial charge on any atom is -0.492 e. The van der Waals surface area contributed by atoms with E-state index >= 15 is 0 Å². The zero-order chi connectivity index (χ0) is 29.0. The summed E-state index contributed by atoms with van der Waals surface area (Å²) in [4.78, 5) is 45.7. The molecule has 0 aliphatic heterocycles. The second-order valence-electron chi connectivity index (χ2n) is 9.36. The van der Waals surface area contributed by atoms with E-state index in [9.17, 15) is 19.2 Å². The monoisotopic (exact) mass is 608 g/mol. The van der Waals surface area contributed by atoms with Gasteiger partial charge in [-0.15, -0.1) is 0 Å². The predicted molar refractivity (Wildman–Crippen MR) is 166 cm³/mol. The lowest BCUT2D eigenvalue weighted by atomic mass is 9.78. The highest BCUT2D eigenvalue weighted by molar-refractivity contribution is 8.17. The largest absolute Gasteiger partial charge is 0.492 e. The maximum atomic E-state index is 11.6. The third-order valence-corrected chi connectivity index (χ3v) is 9.94. The van der Waals surface area contributed by atoms with Gasteiger partial charge < -0.3 is 9.47 Å². The van der Waals surface area contributed by atoms with Gasteiger partial charge in [-0.05, 0) is 35.4 Å². The minimum absolute atomic E-state index is 0.00280. The third kappa shape index (κ3) is 12.4. The van der Waals surface area contributed by atoms with Gasteiger partial charge in [-0.3, -0.25) is 19.2 Å². The first kappa shape index (κ1) is 33.3. The van der Waals surface area contributed by atoms with Crippen molar-refractivity contribution >= 4 is 67.5 Å². The molecule has 212 valence electrons. The minimum atomic E-state index is -0.270. The molecule has 0 bridgehead atoms. The van der Waals surface area contributed by atoms with Crippen LogP contribution in [-0.4, -0.2) is 55.7 Å². The summed E-state index contributed by atoms with van der Waals surface area (Å²) >= 11 is 4.80. The Morgan fingerprint density at radius 1 is 0.615 bits per heavy atom. The summed E-state index contributed by atoms with van der Waals surface area (Å²) in [7, 11) is 0. The molecule has 0 heterocycles. The van der Waals surface area contributed by atoms with E-state index < -0.39 is 0 Å². The number of hydrogen-bond acceptors (Lipinski definition) is 10. The molecule has 2 atom stereocenters. The van der Waals surface area contributed by atoms with Crippen LogP contribution in [0.1, 0.15) is 52.7 Å². The molecule has 2 unspecified atom stereocenters. The van der Waals surface area contributed by atoms with E-state index in [1.54, 1.807) is 0 Å². The number of thioether (sulfide) groups is 4. The van der Waals surface area contributed by atoms with Gasteiger partial charge in [0, 0.05) is 44.6 Å². The zero-order valence-electron chi connectivity index (χ0n) is 23.2. The summed E-state index contributed by atoms with van der Waals surface area (Å²) in [5.74, 6) is 2.47. The first-order valence-corrected chi connectivity index (χ1v) is 16.2. The van der Waals surface area contributed by atoms with Gasteiger partial charge in [-0.2, -0.15) is 0 Å². The second-order valence-corrected chi connectivity index (χ2v) is 14.7. The van der Waals surface area contributed by atoms with Crippen molar-refractivity contribution in [3.63, 3.8) is 0 Å². The van der Waals surface area contributed by atoms with E-state index in [4.69, 9.17) is 9.47 Å². The molecule has 0 fully saturated rings. The summed E-state index contributed by atoms with van der Waals surface area (Å²) in [6, 6.07) is 15.8. The van der Waals surface area contributed by atoms with Gasteiger partial charge >= 0.3 is 0 Å². The van der Waals surface area contributed by atoms with E-state index in [0.717, 1.165) is 11.1 Å². The fourth-order valence-corrected chi connectivity index (χ4v) is 6.80. The van der Waals surface area contributed by atoms with Gasteiger partial charge in [0.25, 0.3) is 0 Å². The molecule has 0 saturated carbocycles. The maximum absolute atomic E-state index is 11.6. The van der Waals surface area contributed by atoms with Gasteiger partial charge in [0.2, 0.25) is 0 Å². The van der Waals surface area contributed by atoms with Crippen molar-refractivity contribution in [1.82, 2.24) is 0 Å². The molecule has 0 spiro atoms. The summed E-state index contributed by atoms with van der Waals surface area (Å²) < 4.78 is 11.9. The highest BCUT2D eigenvalue weighted by Crippen LogP contribution is 2.34. The Morgan fingerprint density at radius 3 is 1.23 bits per heavy atom. The van der Waals surface area contributed by atoms with Crippen LogP contribution in [0.5, 0.6) is 11.5 Å². The van der Waals surface area contributed by atoms with E-state index in [2.05, 4.69) is 13.8 Å². The van der Waals surface area contributed by atoms with Crippen LogP contribution in [0.25, 0.3) is 0 Å². The normalized spacial score (nSPS) is 12.9. The van der Waals surface area contributed by atoms with Crippen LogP contribution in [0, 0.1) is 0 Å². The zero-order valence-corrected chi connectivity index (χ0v) is 26.5. The Labute approximate surface area is 248 Å². The SMILES string of the molecule is CC(=O)SCC(COc1ccc(C(C)(C)c2ccc(OCC(CSC(C)=O)SC(C)=O)cc2)cc1)SC(C)=O. The Balaban J connectivity index is 2.00. The quantitative estimate of drug-likeness (QED) is 0.233. The number of carbonyl (C=O) groups excluding carboxylic acids is 4. The van der Waals surface area contributed by atoms with E-state index in [1.165, 1.54) is 74.7 Å². The molecule has 2 rings (SSSR count). The van der Waals surface area contributed by atoms with Crippen molar-refractivity contribution in [1.29, 1.82) is 0 Å². The highest BCUT2D eigenvalue weighted by atomic mass is 32.2. The average molecular weight is 609 g/mol. The number of benzene rings is 2. The van der Waals surface area contributed by atoms with Gasteiger partial charge in [0.15, 0.2) is 20.5 Å². The fourth-order valence-electron chi connectivity index (χ4n) is 3.60. The van der Waals surface area contributed by atoms with E-state index in [0.29, 0.717) is 36.2 Å². The molecule has 0 amide bonds. The second kappa shape index (κ2) is 16.4. The van der Waals surface area contributed by atoms with Crippen LogP contribution in [0.4, 0.5) is 0 Å². The average Bonchev–Trinajstić information content (AvgIpc) is 2.87. The van der Waals surface area contributed by atoms with Crippen LogP contribution in [0.3, 0.4) is 0 Å². The van der Waals surface area contributed by atoms with Crippen molar-refractivity contribution in [2.75, 3.05) is 24.7 Å². The summed E-state index contributed by atoms with van der Waals surface area (Å²) in [5.41, 5.74) is 1.96. The van der Waals surface area contributed by atoms with Crippen molar-refractivity contribution < 1.29 is 28.7 Å². The lowest BCUT2D eigenvalue weighted by Crippen LogP contribution is -2.21. The number of carbonyl (C=O) groups is 4. The molecule has 6 nitrogen and oxygen atoms in total. The summed E-state index contributed by atoms with van der Waals surface area (Å²) in [5, 5.41) is -0.147. The molecule has 10 heteroatoms. The van der Waals surface area contributed by atoms with Crippen LogP contribution in [0.15, 0.2) is 48.5 Å². The molecule has 0 aliphatic carbocycles. The third-order valence-electron chi connectivity index (χ3n) is 5.63. The van der Waals surface area contributed by atoms with Gasteiger partial charge in [-0.1, -0.05) is 85.2 Å². The first-order chi connectivity index (χ1) is 18.4. The van der Waals surface area contributed by atoms with Crippen molar-refractivity contribution in [2.45, 2.75) is 57.5 Å². The molecule has 2 aromatic carbocycles. The fraction of sp³-hybridized carbons (Fsp3) is 0.448. The molecule has 0 radical (unpaired) electrons. The smallest absolute Gasteiger partial charge is 0.186 e. The number of hydrogen-bond donors (Lipinski definition) is 0. The van der Waals surface area contributed by atoms with Crippen molar-refractivity contribution in [2.24, 2.45) is 0 Å². The van der Waals surface area contributed by atoms with Gasteiger partial charge in [0.05, 0.1) is 10.5 Å². The van der Waals surface area contributed by atoms with E-state index in [1.807, 2.05) is 48.5 Å². The molecule has 0 saturated heterocycles. The van der Waals surface area contributed by atoms with Crippen molar-refractivity contribution in [3.8, 4) is 11.5 Å². The van der Waals surface area contributed by atoms with Crippen molar-refractivity contribution in [3.05, 3.63) is 59.7 Å². The standard InChI is InChI=1S/C29H36O6S4/c1-19(30)36-17-27(38-21(3)32)15-34-25-11-7-23(8-12-25)29(5,6)24-9-13-26(14-10-24)35-16-28(39-22(4)33)18-37-20(2)31/h7-14,27-28H,15-18H2,1-6H3. The lowest BCUT2D eigenvalue weighted by Gasteiger charge is -2.27. The van der Waals surface area contributed by atoms with Crippen LogP contribution in [-0.2, 0) is 24.6 Å². The number of rotatable bonds is 14. The van der Waals surface area contributed by atoms with Crippen LogP contribution < -0.4 is 9.47 Å². The number of ether oxygens (including phenoxy) is 2. The highest BCUT2D eigenvalue weighted by Gasteiger charge is 2.24. The topological polar surface area (TPSA) is 86.7 Å². The Bertz CT molecular complexity index is 1030. The van der Waals surface area contributed by atoms with Gasteiger partial charge in [0.1, 0.15) is 24.7 Å². The van der Waals surface area contributed by atoms with Crippen LogP contribution in [0.2, 0.25) is 0 Å². The Hall–Kier alpha value is -1.88. The predicted octanol–water partition coefficient (Wildman–Crippen LogP) is 6.63. The molecule has 0 aromatic heterocycles. The van der Waals surface area contributed by atoms with E-state index in [-0.39, 0.29) is 36.4 Å². The molecular formula is C29H36O6S4. The summed E-state index contributed by atoms with van der Waals surface area (Å²) in [6.07, 6.45) is 0. The lowest BCUT2D eigenvalue weighted by molar-refractivity contribution is -0.110. The molecule has 39 heavy (non-hydrogen) atoms. The summed E-state index contributed by atoms with van der Waals surface area (Å²) in [6.45, 7) is 11.1.